The van der Waals surface area contributed by atoms with E-state index in [9.17, 15) is 9.18 Å². The van der Waals surface area contributed by atoms with Crippen LogP contribution in [-0.2, 0) is 5.41 Å². The maximum atomic E-state index is 13.5. The van der Waals surface area contributed by atoms with E-state index in [1.807, 2.05) is 15.8 Å². The third-order valence-electron chi connectivity index (χ3n) is 8.24. The Kier molecular flexibility index (Phi) is 4.80. The summed E-state index contributed by atoms with van der Waals surface area (Å²) < 4.78 is 15.3. The van der Waals surface area contributed by atoms with Crippen molar-refractivity contribution in [3.63, 3.8) is 0 Å². The standard InChI is InChI=1S/C31H25FN4O/c1-20-15-28-23(17-34-36(28)25-9-7-24(32)8-10-25)16-26(20)31-19-35(30(37)22-11-13-33-14-12-22)18-27(31)29(31)21-5-3-2-4-6-21/h2-17,27,29H,18-19H2,1H3/t27-,29-,31+/m1/s1. The van der Waals surface area contributed by atoms with Crippen LogP contribution in [0.4, 0.5) is 4.39 Å². The van der Waals surface area contributed by atoms with Crippen LogP contribution in [0.3, 0.4) is 0 Å². The molecule has 37 heavy (non-hydrogen) atoms. The molecule has 6 heteroatoms. The highest BCUT2D eigenvalue weighted by atomic mass is 19.1. The lowest BCUT2D eigenvalue weighted by atomic mass is 9.86. The first-order chi connectivity index (χ1) is 18.1. The first-order valence-electron chi connectivity index (χ1n) is 12.6. The number of benzene rings is 3. The van der Waals surface area contributed by atoms with E-state index in [4.69, 9.17) is 0 Å². The first kappa shape index (κ1) is 21.9. The van der Waals surface area contributed by atoms with Gasteiger partial charge in [0.15, 0.2) is 0 Å². The smallest absolute Gasteiger partial charge is 0.254 e. The number of carbonyl (C=O) groups is 1. The average Bonchev–Trinajstić information content (AvgIpc) is 3.19. The maximum Gasteiger partial charge on any atom is 0.254 e. The summed E-state index contributed by atoms with van der Waals surface area (Å²) >= 11 is 0. The van der Waals surface area contributed by atoms with Gasteiger partial charge in [0.1, 0.15) is 5.82 Å². The Balaban J connectivity index is 1.31. The van der Waals surface area contributed by atoms with Gasteiger partial charge in [0.25, 0.3) is 5.91 Å². The van der Waals surface area contributed by atoms with Gasteiger partial charge in [0.05, 0.1) is 17.4 Å². The lowest BCUT2D eigenvalue weighted by Gasteiger charge is -2.26. The van der Waals surface area contributed by atoms with E-state index in [2.05, 4.69) is 59.5 Å². The minimum atomic E-state index is -0.267. The van der Waals surface area contributed by atoms with E-state index in [-0.39, 0.29) is 17.1 Å². The minimum absolute atomic E-state index is 0.0589. The number of pyridine rings is 1. The summed E-state index contributed by atoms with van der Waals surface area (Å²) in [5.41, 5.74) is 6.13. The van der Waals surface area contributed by atoms with E-state index in [0.29, 0.717) is 23.9 Å². The van der Waals surface area contributed by atoms with Crippen molar-refractivity contribution in [2.45, 2.75) is 18.3 Å². The summed E-state index contributed by atoms with van der Waals surface area (Å²) in [6.07, 6.45) is 5.22. The number of piperidine rings is 1. The molecule has 3 aromatic carbocycles. The van der Waals surface area contributed by atoms with Crippen molar-refractivity contribution in [3.05, 3.63) is 126 Å². The van der Waals surface area contributed by atoms with Crippen LogP contribution in [0.1, 0.15) is 33.0 Å². The van der Waals surface area contributed by atoms with Crippen molar-refractivity contribution in [1.82, 2.24) is 19.7 Å². The molecule has 1 aliphatic heterocycles. The zero-order valence-electron chi connectivity index (χ0n) is 20.4. The number of aromatic nitrogens is 3. The second kappa shape index (κ2) is 8.10. The summed E-state index contributed by atoms with van der Waals surface area (Å²) in [5, 5.41) is 5.66. The average molecular weight is 489 g/mol. The Morgan fingerprint density at radius 1 is 1.00 bits per heavy atom. The lowest BCUT2D eigenvalue weighted by molar-refractivity contribution is 0.0769. The topological polar surface area (TPSA) is 51.0 Å². The highest BCUT2D eigenvalue weighted by Crippen LogP contribution is 2.69. The summed E-state index contributed by atoms with van der Waals surface area (Å²) in [6.45, 7) is 3.56. The molecule has 2 aromatic heterocycles. The Bertz CT molecular complexity index is 1630. The molecule has 182 valence electrons. The quantitative estimate of drug-likeness (QED) is 0.327. The molecule has 0 bridgehead atoms. The van der Waals surface area contributed by atoms with Gasteiger partial charge in [-0.05, 0) is 78.1 Å². The van der Waals surface area contributed by atoms with Crippen molar-refractivity contribution in [2.24, 2.45) is 5.92 Å². The van der Waals surface area contributed by atoms with E-state index >= 15 is 0 Å². The van der Waals surface area contributed by atoms with Crippen LogP contribution in [0.5, 0.6) is 0 Å². The first-order valence-corrected chi connectivity index (χ1v) is 12.6. The molecule has 1 aliphatic carbocycles. The number of aryl methyl sites for hydroxylation is 1. The molecule has 0 radical (unpaired) electrons. The fourth-order valence-electron chi connectivity index (χ4n) is 6.56. The van der Waals surface area contributed by atoms with E-state index in [1.165, 1.54) is 28.8 Å². The van der Waals surface area contributed by atoms with E-state index in [1.54, 1.807) is 36.7 Å². The molecule has 7 rings (SSSR count). The van der Waals surface area contributed by atoms with E-state index in [0.717, 1.165) is 23.1 Å². The monoisotopic (exact) mass is 488 g/mol. The number of carbonyl (C=O) groups excluding carboxylic acids is 1. The summed E-state index contributed by atoms with van der Waals surface area (Å²) in [7, 11) is 0. The van der Waals surface area contributed by atoms with Crippen LogP contribution in [0.15, 0.2) is 97.5 Å². The number of rotatable bonds is 4. The van der Waals surface area contributed by atoms with Crippen LogP contribution in [0, 0.1) is 18.7 Å². The number of hydrogen-bond acceptors (Lipinski definition) is 3. The largest absolute Gasteiger partial charge is 0.337 e. The lowest BCUT2D eigenvalue weighted by Crippen LogP contribution is -2.34. The van der Waals surface area contributed by atoms with Crippen molar-refractivity contribution < 1.29 is 9.18 Å². The summed E-state index contributed by atoms with van der Waals surface area (Å²) in [4.78, 5) is 19.4. The zero-order valence-corrected chi connectivity index (χ0v) is 20.4. The molecule has 1 saturated carbocycles. The highest BCUT2D eigenvalue weighted by Gasteiger charge is 2.70. The van der Waals surface area contributed by atoms with Gasteiger partial charge in [-0.15, -0.1) is 0 Å². The predicted octanol–water partition coefficient (Wildman–Crippen LogP) is 5.68. The van der Waals surface area contributed by atoms with Gasteiger partial charge in [0, 0.05) is 47.8 Å². The van der Waals surface area contributed by atoms with Crippen molar-refractivity contribution in [1.29, 1.82) is 0 Å². The fraction of sp³-hybridized carbons (Fsp3) is 0.194. The van der Waals surface area contributed by atoms with Gasteiger partial charge >= 0.3 is 0 Å². The van der Waals surface area contributed by atoms with Gasteiger partial charge in [0.2, 0.25) is 0 Å². The Morgan fingerprint density at radius 2 is 1.76 bits per heavy atom. The van der Waals surface area contributed by atoms with Gasteiger partial charge in [-0.25, -0.2) is 9.07 Å². The van der Waals surface area contributed by atoms with Crippen LogP contribution in [-0.4, -0.2) is 38.7 Å². The number of halogens is 1. The zero-order chi connectivity index (χ0) is 25.1. The molecular weight excluding hydrogens is 463 g/mol. The second-order valence-electron chi connectivity index (χ2n) is 10.2. The number of amides is 1. The molecule has 2 fully saturated rings. The molecule has 1 amide bonds. The SMILES string of the molecule is Cc1cc2c(cnn2-c2ccc(F)cc2)cc1[C@@]12CN(C(=O)c3ccncc3)C[C@@H]1[C@H]2c1ccccc1. The van der Waals surface area contributed by atoms with Gasteiger partial charge in [-0.2, -0.15) is 5.10 Å². The van der Waals surface area contributed by atoms with Gasteiger partial charge in [-0.1, -0.05) is 30.3 Å². The Morgan fingerprint density at radius 3 is 2.51 bits per heavy atom. The van der Waals surface area contributed by atoms with Crippen LogP contribution in [0.25, 0.3) is 16.6 Å². The molecular formula is C31H25FN4O. The van der Waals surface area contributed by atoms with Crippen LogP contribution >= 0.6 is 0 Å². The molecule has 5 nitrogen and oxygen atoms in total. The Hall–Kier alpha value is -4.32. The van der Waals surface area contributed by atoms with Crippen molar-refractivity contribution in [3.8, 4) is 5.69 Å². The summed E-state index contributed by atoms with van der Waals surface area (Å²) in [5.74, 6) is 0.503. The summed E-state index contributed by atoms with van der Waals surface area (Å²) in [6, 6.07) is 25.1. The van der Waals surface area contributed by atoms with Crippen molar-refractivity contribution >= 4 is 16.8 Å². The third kappa shape index (κ3) is 3.32. The number of likely N-dealkylation sites (tertiary alicyclic amines) is 1. The minimum Gasteiger partial charge on any atom is -0.337 e. The van der Waals surface area contributed by atoms with Gasteiger partial charge < -0.3 is 4.90 Å². The molecule has 5 aromatic rings. The molecule has 0 N–H and O–H groups in total. The maximum absolute atomic E-state index is 13.5. The fourth-order valence-corrected chi connectivity index (χ4v) is 6.56. The number of hydrogen-bond donors (Lipinski definition) is 0. The molecule has 1 saturated heterocycles. The molecule has 3 heterocycles. The highest BCUT2D eigenvalue weighted by molar-refractivity contribution is 5.95. The number of nitrogens with zero attached hydrogens (tertiary/aromatic N) is 4. The third-order valence-corrected chi connectivity index (χ3v) is 8.24. The second-order valence-corrected chi connectivity index (χ2v) is 10.2. The molecule has 3 atom stereocenters. The molecule has 2 aliphatic rings. The van der Waals surface area contributed by atoms with E-state index < -0.39 is 0 Å². The normalized spacial score (nSPS) is 22.3. The van der Waals surface area contributed by atoms with Gasteiger partial charge in [-0.3, -0.25) is 9.78 Å². The number of fused-ring (bicyclic) bond motifs is 2. The Labute approximate surface area is 214 Å². The molecule has 0 unspecified atom stereocenters. The van der Waals surface area contributed by atoms with Crippen LogP contribution in [0.2, 0.25) is 0 Å². The van der Waals surface area contributed by atoms with Crippen LogP contribution < -0.4 is 0 Å². The van der Waals surface area contributed by atoms with Crippen molar-refractivity contribution in [2.75, 3.05) is 13.1 Å². The molecule has 0 spiro atoms. The predicted molar refractivity (Wildman–Crippen MR) is 140 cm³/mol.